The maximum absolute atomic E-state index is 12.6. The molecule has 0 atom stereocenters. The number of amides is 1. The van der Waals surface area contributed by atoms with Crippen LogP contribution in [0.1, 0.15) is 25.3 Å². The molecule has 1 aliphatic heterocycles. The maximum atomic E-state index is 12.6. The molecule has 1 N–H and O–H groups in total. The summed E-state index contributed by atoms with van der Waals surface area (Å²) in [6.07, 6.45) is 1.52. The average molecular weight is 425 g/mol. The van der Waals surface area contributed by atoms with E-state index in [1.165, 1.54) is 0 Å². The Labute approximate surface area is 181 Å². The van der Waals surface area contributed by atoms with E-state index in [1.807, 2.05) is 55.5 Å². The molecular formula is C23H25ClN4O2. The molecule has 1 amide bonds. The van der Waals surface area contributed by atoms with Crippen LogP contribution in [-0.4, -0.2) is 35.6 Å². The van der Waals surface area contributed by atoms with Crippen molar-refractivity contribution in [3.8, 4) is 5.88 Å². The van der Waals surface area contributed by atoms with Crippen molar-refractivity contribution in [1.82, 2.24) is 15.3 Å². The standard InChI is InChI=1S/C23H25ClN4O2/c1-2-30-23-21(26-19-9-5-6-10-20(19)27-23)28-13-11-16(12-14-28)22(29)25-15-17-7-3-4-8-18(17)24/h3-10,16H,2,11-15H2,1H3,(H,25,29). The molecular weight excluding hydrogens is 400 g/mol. The van der Waals surface area contributed by atoms with Crippen LogP contribution in [0.2, 0.25) is 5.02 Å². The summed E-state index contributed by atoms with van der Waals surface area (Å²) in [6.45, 7) is 4.38. The zero-order chi connectivity index (χ0) is 20.9. The van der Waals surface area contributed by atoms with E-state index >= 15 is 0 Å². The van der Waals surface area contributed by atoms with Crippen LogP contribution >= 0.6 is 11.6 Å². The first-order valence-electron chi connectivity index (χ1n) is 10.3. The van der Waals surface area contributed by atoms with Crippen LogP contribution in [0.25, 0.3) is 11.0 Å². The highest BCUT2D eigenvalue weighted by Crippen LogP contribution is 2.30. The van der Waals surface area contributed by atoms with Crippen LogP contribution in [0, 0.1) is 5.92 Å². The number of nitrogens with zero attached hydrogens (tertiary/aromatic N) is 3. The first-order valence-corrected chi connectivity index (χ1v) is 10.7. The van der Waals surface area contributed by atoms with E-state index in [2.05, 4.69) is 15.2 Å². The maximum Gasteiger partial charge on any atom is 0.258 e. The number of rotatable bonds is 6. The summed E-state index contributed by atoms with van der Waals surface area (Å²) in [5.74, 6) is 1.36. The van der Waals surface area contributed by atoms with E-state index in [1.54, 1.807) is 0 Å². The number of para-hydroxylation sites is 2. The second-order valence-corrected chi connectivity index (χ2v) is 7.75. The minimum Gasteiger partial charge on any atom is -0.475 e. The first-order chi connectivity index (χ1) is 14.7. The van der Waals surface area contributed by atoms with Gasteiger partial charge in [-0.2, -0.15) is 0 Å². The highest BCUT2D eigenvalue weighted by molar-refractivity contribution is 6.31. The Morgan fingerprint density at radius 1 is 1.10 bits per heavy atom. The average Bonchev–Trinajstić information content (AvgIpc) is 2.78. The normalized spacial score (nSPS) is 14.7. The summed E-state index contributed by atoms with van der Waals surface area (Å²) >= 11 is 6.18. The molecule has 1 aromatic heterocycles. The second-order valence-electron chi connectivity index (χ2n) is 7.34. The summed E-state index contributed by atoms with van der Waals surface area (Å²) < 4.78 is 5.76. The van der Waals surface area contributed by atoms with Crippen molar-refractivity contribution in [3.05, 3.63) is 59.1 Å². The number of carbonyl (C=O) groups is 1. The molecule has 156 valence electrons. The molecule has 0 radical (unpaired) electrons. The van der Waals surface area contributed by atoms with Crippen LogP contribution in [0.3, 0.4) is 0 Å². The molecule has 0 spiro atoms. The van der Waals surface area contributed by atoms with Crippen molar-refractivity contribution in [2.75, 3.05) is 24.6 Å². The summed E-state index contributed by atoms with van der Waals surface area (Å²) in [7, 11) is 0. The predicted molar refractivity (Wildman–Crippen MR) is 119 cm³/mol. The number of piperidine rings is 1. The molecule has 4 rings (SSSR count). The van der Waals surface area contributed by atoms with Gasteiger partial charge in [-0.3, -0.25) is 4.79 Å². The van der Waals surface area contributed by atoms with E-state index in [0.717, 1.165) is 48.3 Å². The molecule has 30 heavy (non-hydrogen) atoms. The van der Waals surface area contributed by atoms with Gasteiger partial charge in [-0.15, -0.1) is 0 Å². The van der Waals surface area contributed by atoms with E-state index in [4.69, 9.17) is 21.3 Å². The largest absolute Gasteiger partial charge is 0.475 e. The highest BCUT2D eigenvalue weighted by atomic mass is 35.5. The highest BCUT2D eigenvalue weighted by Gasteiger charge is 2.27. The van der Waals surface area contributed by atoms with Gasteiger partial charge < -0.3 is 15.0 Å². The number of fused-ring (bicyclic) bond motifs is 1. The van der Waals surface area contributed by atoms with Crippen molar-refractivity contribution in [1.29, 1.82) is 0 Å². The lowest BCUT2D eigenvalue weighted by Gasteiger charge is -2.32. The van der Waals surface area contributed by atoms with Gasteiger partial charge in [0.2, 0.25) is 5.91 Å². The van der Waals surface area contributed by atoms with Gasteiger partial charge >= 0.3 is 0 Å². The third-order valence-electron chi connectivity index (χ3n) is 5.38. The molecule has 0 bridgehead atoms. The Kier molecular flexibility index (Phi) is 6.33. The van der Waals surface area contributed by atoms with Gasteiger partial charge in [0.05, 0.1) is 17.6 Å². The molecule has 0 unspecified atom stereocenters. The minimum atomic E-state index is -0.0207. The van der Waals surface area contributed by atoms with Crippen molar-refractivity contribution < 1.29 is 9.53 Å². The van der Waals surface area contributed by atoms with Gasteiger partial charge in [0.15, 0.2) is 5.82 Å². The van der Waals surface area contributed by atoms with Crippen LogP contribution < -0.4 is 15.0 Å². The van der Waals surface area contributed by atoms with Gasteiger partial charge in [0, 0.05) is 30.6 Å². The number of aromatic nitrogens is 2. The number of nitrogens with one attached hydrogen (secondary N) is 1. The smallest absolute Gasteiger partial charge is 0.258 e. The van der Waals surface area contributed by atoms with Gasteiger partial charge in [-0.1, -0.05) is 41.9 Å². The van der Waals surface area contributed by atoms with Gasteiger partial charge in [-0.05, 0) is 43.5 Å². The molecule has 6 nitrogen and oxygen atoms in total. The zero-order valence-corrected chi connectivity index (χ0v) is 17.7. The molecule has 1 saturated heterocycles. The van der Waals surface area contributed by atoms with Crippen molar-refractivity contribution >= 4 is 34.4 Å². The van der Waals surface area contributed by atoms with Gasteiger partial charge in [0.1, 0.15) is 0 Å². The molecule has 0 aliphatic carbocycles. The molecule has 1 aliphatic rings. The van der Waals surface area contributed by atoms with Crippen molar-refractivity contribution in [3.63, 3.8) is 0 Å². The molecule has 7 heteroatoms. The minimum absolute atomic E-state index is 0.0207. The Morgan fingerprint density at radius 3 is 2.47 bits per heavy atom. The van der Waals surface area contributed by atoms with Crippen LogP contribution in [0.5, 0.6) is 5.88 Å². The number of ether oxygens (including phenoxy) is 1. The Balaban J connectivity index is 1.41. The van der Waals surface area contributed by atoms with Crippen LogP contribution in [0.15, 0.2) is 48.5 Å². The van der Waals surface area contributed by atoms with Crippen molar-refractivity contribution in [2.45, 2.75) is 26.3 Å². The molecule has 2 aromatic carbocycles. The second kappa shape index (κ2) is 9.30. The summed E-state index contributed by atoms with van der Waals surface area (Å²) in [5, 5.41) is 3.70. The zero-order valence-electron chi connectivity index (χ0n) is 17.0. The Hall–Kier alpha value is -2.86. The van der Waals surface area contributed by atoms with Gasteiger partial charge in [-0.25, -0.2) is 9.97 Å². The number of hydrogen-bond acceptors (Lipinski definition) is 5. The number of anilines is 1. The summed E-state index contributed by atoms with van der Waals surface area (Å²) in [4.78, 5) is 24.3. The third-order valence-corrected chi connectivity index (χ3v) is 5.75. The number of halogens is 1. The lowest BCUT2D eigenvalue weighted by molar-refractivity contribution is -0.125. The lowest BCUT2D eigenvalue weighted by Crippen LogP contribution is -2.41. The fourth-order valence-corrected chi connectivity index (χ4v) is 3.94. The third kappa shape index (κ3) is 4.49. The first kappa shape index (κ1) is 20.4. The summed E-state index contributed by atoms with van der Waals surface area (Å²) in [6, 6.07) is 15.4. The van der Waals surface area contributed by atoms with E-state index < -0.39 is 0 Å². The fourth-order valence-electron chi connectivity index (χ4n) is 3.74. The molecule has 2 heterocycles. The van der Waals surface area contributed by atoms with Gasteiger partial charge in [0.25, 0.3) is 5.88 Å². The Morgan fingerprint density at radius 2 is 1.77 bits per heavy atom. The predicted octanol–water partition coefficient (Wildman–Crippen LogP) is 4.21. The van der Waals surface area contributed by atoms with E-state index in [0.29, 0.717) is 24.1 Å². The van der Waals surface area contributed by atoms with E-state index in [-0.39, 0.29) is 11.8 Å². The van der Waals surface area contributed by atoms with Crippen LogP contribution in [-0.2, 0) is 11.3 Å². The number of hydrogen-bond donors (Lipinski definition) is 1. The van der Waals surface area contributed by atoms with Crippen LogP contribution in [0.4, 0.5) is 5.82 Å². The summed E-state index contributed by atoms with van der Waals surface area (Å²) in [5.41, 5.74) is 2.59. The topological polar surface area (TPSA) is 67.4 Å². The monoisotopic (exact) mass is 424 g/mol. The van der Waals surface area contributed by atoms with Crippen molar-refractivity contribution in [2.24, 2.45) is 5.92 Å². The molecule has 1 fully saturated rings. The molecule has 0 saturated carbocycles. The number of benzene rings is 2. The Bertz CT molecular complexity index is 1030. The quantitative estimate of drug-likeness (QED) is 0.641. The molecule has 3 aromatic rings. The number of carbonyl (C=O) groups excluding carboxylic acids is 1. The fraction of sp³-hybridized carbons (Fsp3) is 0.348. The SMILES string of the molecule is CCOc1nc2ccccc2nc1N1CCC(C(=O)NCc2ccccc2Cl)CC1. The lowest BCUT2D eigenvalue weighted by atomic mass is 9.96. The van der Waals surface area contributed by atoms with E-state index in [9.17, 15) is 4.79 Å².